The SMILES string of the molecule is CCS(=O)(=O)CCCC(N)Cc1c(F)cccc1F. The predicted molar refractivity (Wildman–Crippen MR) is 71.6 cm³/mol. The van der Waals surface area contributed by atoms with Crippen molar-refractivity contribution in [2.45, 2.75) is 32.2 Å². The molecule has 0 radical (unpaired) electrons. The molecule has 1 aromatic carbocycles. The summed E-state index contributed by atoms with van der Waals surface area (Å²) in [4.78, 5) is 0. The summed E-state index contributed by atoms with van der Waals surface area (Å²) in [6.45, 7) is 1.59. The van der Waals surface area contributed by atoms with Gasteiger partial charge in [0.2, 0.25) is 0 Å². The van der Waals surface area contributed by atoms with Crippen molar-refractivity contribution in [3.63, 3.8) is 0 Å². The lowest BCUT2D eigenvalue weighted by Crippen LogP contribution is -2.25. The molecule has 0 amide bonds. The lowest BCUT2D eigenvalue weighted by Gasteiger charge is -2.12. The Morgan fingerprint density at radius 2 is 1.84 bits per heavy atom. The summed E-state index contributed by atoms with van der Waals surface area (Å²) in [6, 6.07) is 3.23. The molecule has 0 saturated carbocycles. The lowest BCUT2D eigenvalue weighted by atomic mass is 10.0. The van der Waals surface area contributed by atoms with Gasteiger partial charge in [0, 0.05) is 17.4 Å². The van der Waals surface area contributed by atoms with Crippen LogP contribution in [0.15, 0.2) is 18.2 Å². The van der Waals surface area contributed by atoms with Crippen molar-refractivity contribution in [3.05, 3.63) is 35.4 Å². The Morgan fingerprint density at radius 3 is 2.37 bits per heavy atom. The predicted octanol–water partition coefficient (Wildman–Crippen LogP) is 2.05. The van der Waals surface area contributed by atoms with Crippen LogP contribution < -0.4 is 5.73 Å². The van der Waals surface area contributed by atoms with Gasteiger partial charge in [-0.05, 0) is 31.4 Å². The molecule has 0 heterocycles. The second-order valence-corrected chi connectivity index (χ2v) is 7.02. The fourth-order valence-corrected chi connectivity index (χ4v) is 2.70. The molecule has 1 aromatic rings. The topological polar surface area (TPSA) is 60.2 Å². The van der Waals surface area contributed by atoms with E-state index >= 15 is 0 Å². The first-order valence-corrected chi connectivity index (χ1v) is 8.06. The van der Waals surface area contributed by atoms with Gasteiger partial charge >= 0.3 is 0 Å². The van der Waals surface area contributed by atoms with E-state index in [9.17, 15) is 17.2 Å². The number of halogens is 2. The summed E-state index contributed by atoms with van der Waals surface area (Å²) in [5.74, 6) is -1.06. The summed E-state index contributed by atoms with van der Waals surface area (Å²) in [5.41, 5.74) is 5.75. The van der Waals surface area contributed by atoms with E-state index < -0.39 is 27.5 Å². The Hall–Kier alpha value is -1.01. The molecule has 0 aliphatic heterocycles. The summed E-state index contributed by atoms with van der Waals surface area (Å²) < 4.78 is 49.3. The number of hydrogen-bond acceptors (Lipinski definition) is 3. The molecule has 0 saturated heterocycles. The van der Waals surface area contributed by atoms with Gasteiger partial charge in [-0.2, -0.15) is 0 Å². The normalized spacial score (nSPS) is 13.5. The molecule has 0 aliphatic rings. The third kappa shape index (κ3) is 5.24. The Morgan fingerprint density at radius 1 is 1.26 bits per heavy atom. The highest BCUT2D eigenvalue weighted by Crippen LogP contribution is 2.15. The van der Waals surface area contributed by atoms with Gasteiger partial charge in [-0.3, -0.25) is 0 Å². The number of nitrogens with two attached hydrogens (primary N) is 1. The van der Waals surface area contributed by atoms with Crippen LogP contribution in [0.3, 0.4) is 0 Å². The van der Waals surface area contributed by atoms with Gasteiger partial charge in [0.05, 0.1) is 5.75 Å². The Labute approximate surface area is 112 Å². The largest absolute Gasteiger partial charge is 0.327 e. The smallest absolute Gasteiger partial charge is 0.150 e. The Bertz CT molecular complexity index is 497. The van der Waals surface area contributed by atoms with Crippen molar-refractivity contribution in [1.82, 2.24) is 0 Å². The number of sulfone groups is 1. The van der Waals surface area contributed by atoms with Crippen LogP contribution in [0.4, 0.5) is 8.78 Å². The second kappa shape index (κ2) is 6.96. The highest BCUT2D eigenvalue weighted by atomic mass is 32.2. The van der Waals surface area contributed by atoms with Crippen LogP contribution in [0.5, 0.6) is 0 Å². The summed E-state index contributed by atoms with van der Waals surface area (Å²) >= 11 is 0. The molecule has 1 atom stereocenters. The first-order chi connectivity index (χ1) is 8.85. The standard InChI is InChI=1S/C13H19F2NO2S/c1-2-19(17,18)8-4-5-10(16)9-11-12(14)6-3-7-13(11)15/h3,6-7,10H,2,4-5,8-9,16H2,1H3. The van der Waals surface area contributed by atoms with Gasteiger partial charge in [0.1, 0.15) is 21.5 Å². The maximum Gasteiger partial charge on any atom is 0.150 e. The van der Waals surface area contributed by atoms with E-state index in [4.69, 9.17) is 5.73 Å². The molecule has 1 rings (SSSR count). The van der Waals surface area contributed by atoms with Crippen LogP contribution in [-0.4, -0.2) is 26.0 Å². The quantitative estimate of drug-likeness (QED) is 0.836. The fraction of sp³-hybridized carbons (Fsp3) is 0.538. The minimum absolute atomic E-state index is 0.0339. The molecule has 6 heteroatoms. The van der Waals surface area contributed by atoms with Crippen LogP contribution >= 0.6 is 0 Å². The molecule has 3 nitrogen and oxygen atoms in total. The van der Waals surface area contributed by atoms with Gasteiger partial charge in [-0.15, -0.1) is 0 Å². The van der Waals surface area contributed by atoms with Crippen LogP contribution in [0.1, 0.15) is 25.3 Å². The first kappa shape index (κ1) is 16.0. The second-order valence-electron chi connectivity index (χ2n) is 4.54. The molecule has 2 N–H and O–H groups in total. The molecule has 0 fully saturated rings. The monoisotopic (exact) mass is 291 g/mol. The lowest BCUT2D eigenvalue weighted by molar-refractivity contribution is 0.519. The summed E-state index contributed by atoms with van der Waals surface area (Å²) in [6.07, 6.45) is 0.908. The molecule has 0 bridgehead atoms. The minimum Gasteiger partial charge on any atom is -0.327 e. The third-order valence-electron chi connectivity index (χ3n) is 3.00. The van der Waals surface area contributed by atoms with E-state index in [2.05, 4.69) is 0 Å². The van der Waals surface area contributed by atoms with E-state index in [1.807, 2.05) is 0 Å². The van der Waals surface area contributed by atoms with E-state index in [1.54, 1.807) is 6.92 Å². The summed E-state index contributed by atoms with van der Waals surface area (Å²) in [7, 11) is -3.01. The van der Waals surface area contributed by atoms with Gasteiger partial charge < -0.3 is 5.73 Å². The molecule has 1 unspecified atom stereocenters. The van der Waals surface area contributed by atoms with E-state index in [-0.39, 0.29) is 23.5 Å². The molecular weight excluding hydrogens is 272 g/mol. The molecule has 19 heavy (non-hydrogen) atoms. The third-order valence-corrected chi connectivity index (χ3v) is 4.79. The first-order valence-electron chi connectivity index (χ1n) is 6.24. The molecule has 0 spiro atoms. The maximum atomic E-state index is 13.4. The van der Waals surface area contributed by atoms with E-state index in [0.717, 1.165) is 0 Å². The molecular formula is C13H19F2NO2S. The number of benzene rings is 1. The zero-order valence-electron chi connectivity index (χ0n) is 10.9. The maximum absolute atomic E-state index is 13.4. The number of hydrogen-bond donors (Lipinski definition) is 1. The average molecular weight is 291 g/mol. The van der Waals surface area contributed by atoms with Crippen molar-refractivity contribution in [3.8, 4) is 0 Å². The van der Waals surface area contributed by atoms with Gasteiger partial charge in [-0.1, -0.05) is 13.0 Å². The molecule has 0 aliphatic carbocycles. The Kier molecular flexibility index (Phi) is 5.87. The minimum atomic E-state index is -3.01. The fourth-order valence-electron chi connectivity index (χ4n) is 1.80. The number of rotatable bonds is 7. The molecule has 108 valence electrons. The average Bonchev–Trinajstić information content (AvgIpc) is 2.34. The zero-order valence-corrected chi connectivity index (χ0v) is 11.7. The van der Waals surface area contributed by atoms with Crippen molar-refractivity contribution in [2.75, 3.05) is 11.5 Å². The van der Waals surface area contributed by atoms with Crippen LogP contribution in [0, 0.1) is 11.6 Å². The van der Waals surface area contributed by atoms with Crippen molar-refractivity contribution >= 4 is 9.84 Å². The summed E-state index contributed by atoms with van der Waals surface area (Å²) in [5, 5.41) is 0. The van der Waals surface area contributed by atoms with Crippen LogP contribution in [0.2, 0.25) is 0 Å². The van der Waals surface area contributed by atoms with Crippen molar-refractivity contribution in [1.29, 1.82) is 0 Å². The van der Waals surface area contributed by atoms with E-state index in [0.29, 0.717) is 12.8 Å². The highest BCUT2D eigenvalue weighted by molar-refractivity contribution is 7.91. The van der Waals surface area contributed by atoms with Crippen LogP contribution in [0.25, 0.3) is 0 Å². The zero-order chi connectivity index (χ0) is 14.5. The Balaban J connectivity index is 2.50. The van der Waals surface area contributed by atoms with Crippen molar-refractivity contribution in [2.24, 2.45) is 5.73 Å². The van der Waals surface area contributed by atoms with E-state index in [1.165, 1.54) is 18.2 Å². The van der Waals surface area contributed by atoms with Gasteiger partial charge in [0.15, 0.2) is 0 Å². The van der Waals surface area contributed by atoms with Crippen LogP contribution in [-0.2, 0) is 16.3 Å². The van der Waals surface area contributed by atoms with Gasteiger partial charge in [0.25, 0.3) is 0 Å². The molecule has 0 aromatic heterocycles. The highest BCUT2D eigenvalue weighted by Gasteiger charge is 2.14. The van der Waals surface area contributed by atoms with Gasteiger partial charge in [-0.25, -0.2) is 17.2 Å². The van der Waals surface area contributed by atoms with Crippen molar-refractivity contribution < 1.29 is 17.2 Å².